The third-order valence-electron chi connectivity index (χ3n) is 3.48. The van der Waals surface area contributed by atoms with Gasteiger partial charge in [0.05, 0.1) is 16.5 Å². The minimum absolute atomic E-state index is 0.122. The third kappa shape index (κ3) is 4.11. The zero-order valence-corrected chi connectivity index (χ0v) is 13.8. The van der Waals surface area contributed by atoms with Crippen molar-refractivity contribution in [2.24, 2.45) is 5.92 Å². The Morgan fingerprint density at radius 1 is 1.37 bits per heavy atom. The fourth-order valence-corrected chi connectivity index (χ4v) is 3.63. The molecule has 0 saturated heterocycles. The third-order valence-corrected chi connectivity index (χ3v) is 4.96. The summed E-state index contributed by atoms with van der Waals surface area (Å²) in [5.41, 5.74) is 0.901. The summed E-state index contributed by atoms with van der Waals surface area (Å²) in [7, 11) is 1.86. The summed E-state index contributed by atoms with van der Waals surface area (Å²) >= 11 is 15.4. The highest BCUT2D eigenvalue weighted by molar-refractivity contribution is 9.09. The predicted molar refractivity (Wildman–Crippen MR) is 83.2 cm³/mol. The molecule has 0 N–H and O–H groups in total. The zero-order chi connectivity index (χ0) is 14.0. The number of hydrogen-bond acceptors (Lipinski definition) is 1. The number of halogens is 3. The molecule has 1 aromatic rings. The number of benzene rings is 1. The van der Waals surface area contributed by atoms with Crippen molar-refractivity contribution in [3.63, 3.8) is 0 Å². The molecule has 1 aromatic carbocycles. The van der Waals surface area contributed by atoms with E-state index in [1.54, 1.807) is 12.1 Å². The maximum absolute atomic E-state index is 12.1. The SMILES string of the molecule is CN(CC1CC(Br)C1)C(=O)Cc1ccc(Cl)c(Cl)c1. The summed E-state index contributed by atoms with van der Waals surface area (Å²) in [6.45, 7) is 0.836. The number of carbonyl (C=O) groups excluding carboxylic acids is 1. The van der Waals surface area contributed by atoms with Crippen molar-refractivity contribution in [1.82, 2.24) is 4.90 Å². The van der Waals surface area contributed by atoms with Crippen molar-refractivity contribution in [2.45, 2.75) is 24.1 Å². The molecule has 1 aliphatic rings. The molecule has 19 heavy (non-hydrogen) atoms. The van der Waals surface area contributed by atoms with E-state index in [0.717, 1.165) is 24.9 Å². The molecule has 2 nitrogen and oxygen atoms in total. The highest BCUT2D eigenvalue weighted by Gasteiger charge is 2.28. The van der Waals surface area contributed by atoms with Gasteiger partial charge < -0.3 is 4.90 Å². The molecule has 0 unspecified atom stereocenters. The minimum Gasteiger partial charge on any atom is -0.345 e. The lowest BCUT2D eigenvalue weighted by Gasteiger charge is -2.34. The number of likely N-dealkylation sites (N-methyl/N-ethyl adjacent to an activating group) is 1. The molecule has 1 amide bonds. The Labute approximate surface area is 132 Å². The number of hydrogen-bond donors (Lipinski definition) is 0. The molecule has 0 atom stereocenters. The summed E-state index contributed by atoms with van der Waals surface area (Å²) < 4.78 is 0. The average Bonchev–Trinajstić information content (AvgIpc) is 2.31. The maximum atomic E-state index is 12.1. The molecule has 0 spiro atoms. The number of nitrogens with zero attached hydrogens (tertiary/aromatic N) is 1. The summed E-state index contributed by atoms with van der Waals surface area (Å²) in [5, 5.41) is 1.01. The van der Waals surface area contributed by atoms with Gasteiger partial charge in [-0.1, -0.05) is 45.2 Å². The van der Waals surface area contributed by atoms with E-state index in [4.69, 9.17) is 23.2 Å². The van der Waals surface area contributed by atoms with Gasteiger partial charge in [-0.05, 0) is 36.5 Å². The van der Waals surface area contributed by atoms with Gasteiger partial charge in [0.2, 0.25) is 5.91 Å². The Hall–Kier alpha value is -0.250. The standard InChI is InChI=1S/C14H16BrCl2NO/c1-18(8-10-4-11(15)5-10)14(19)7-9-2-3-12(16)13(17)6-9/h2-3,6,10-11H,4-5,7-8H2,1H3. The number of rotatable bonds is 4. The van der Waals surface area contributed by atoms with E-state index in [0.29, 0.717) is 27.2 Å². The van der Waals surface area contributed by atoms with Gasteiger partial charge in [-0.2, -0.15) is 0 Å². The number of alkyl halides is 1. The van der Waals surface area contributed by atoms with Crippen LogP contribution in [0.1, 0.15) is 18.4 Å². The molecule has 5 heteroatoms. The van der Waals surface area contributed by atoms with E-state index in [9.17, 15) is 4.79 Å². The Balaban J connectivity index is 1.87. The summed E-state index contributed by atoms with van der Waals surface area (Å²) in [6.07, 6.45) is 2.69. The second kappa shape index (κ2) is 6.47. The Morgan fingerprint density at radius 3 is 2.63 bits per heavy atom. The quantitative estimate of drug-likeness (QED) is 0.734. The van der Waals surface area contributed by atoms with Crippen LogP contribution in [0.5, 0.6) is 0 Å². The molecule has 1 aliphatic carbocycles. The molecule has 0 bridgehead atoms. The predicted octanol–water partition coefficient (Wildman–Crippen LogP) is 4.17. The monoisotopic (exact) mass is 363 g/mol. The van der Waals surface area contributed by atoms with Gasteiger partial charge in [-0.25, -0.2) is 0 Å². The Bertz CT molecular complexity index is 475. The summed E-state index contributed by atoms with van der Waals surface area (Å²) in [5.74, 6) is 0.753. The molecule has 0 aromatic heterocycles. The highest BCUT2D eigenvalue weighted by Crippen LogP contribution is 2.33. The second-order valence-electron chi connectivity index (χ2n) is 5.13. The van der Waals surface area contributed by atoms with E-state index in [2.05, 4.69) is 15.9 Å². The lowest BCUT2D eigenvalue weighted by molar-refractivity contribution is -0.130. The van der Waals surface area contributed by atoms with Gasteiger partial charge in [0.1, 0.15) is 0 Å². The molecule has 2 rings (SSSR count). The molecule has 1 saturated carbocycles. The molecule has 104 valence electrons. The van der Waals surface area contributed by atoms with Crippen LogP contribution < -0.4 is 0 Å². The van der Waals surface area contributed by atoms with Crippen molar-refractivity contribution < 1.29 is 4.79 Å². The van der Waals surface area contributed by atoms with Gasteiger partial charge in [-0.3, -0.25) is 4.79 Å². The molecule has 0 radical (unpaired) electrons. The van der Waals surface area contributed by atoms with Crippen LogP contribution in [0.3, 0.4) is 0 Å². The highest BCUT2D eigenvalue weighted by atomic mass is 79.9. The van der Waals surface area contributed by atoms with E-state index < -0.39 is 0 Å². The smallest absolute Gasteiger partial charge is 0.226 e. The fraction of sp³-hybridized carbons (Fsp3) is 0.500. The molecule has 0 aliphatic heterocycles. The van der Waals surface area contributed by atoms with Crippen LogP contribution in [-0.4, -0.2) is 29.2 Å². The van der Waals surface area contributed by atoms with Crippen LogP contribution >= 0.6 is 39.1 Å². The van der Waals surface area contributed by atoms with E-state index in [1.165, 1.54) is 0 Å². The van der Waals surface area contributed by atoms with Crippen molar-refractivity contribution in [3.8, 4) is 0 Å². The first-order valence-corrected chi connectivity index (χ1v) is 7.95. The fourth-order valence-electron chi connectivity index (χ4n) is 2.25. The van der Waals surface area contributed by atoms with Gasteiger partial charge in [0.25, 0.3) is 0 Å². The molecular formula is C14H16BrCl2NO. The Kier molecular flexibility index (Phi) is 5.15. The van der Waals surface area contributed by atoms with Crippen molar-refractivity contribution in [1.29, 1.82) is 0 Å². The molecule has 1 fully saturated rings. The van der Waals surface area contributed by atoms with Crippen LogP contribution in [-0.2, 0) is 11.2 Å². The minimum atomic E-state index is 0.122. The van der Waals surface area contributed by atoms with Crippen molar-refractivity contribution >= 4 is 45.0 Å². The number of carbonyl (C=O) groups is 1. The first-order chi connectivity index (χ1) is 8.95. The summed E-state index contributed by atoms with van der Waals surface area (Å²) in [4.78, 5) is 14.6. The van der Waals surface area contributed by atoms with Gasteiger partial charge in [-0.15, -0.1) is 0 Å². The van der Waals surface area contributed by atoms with E-state index in [-0.39, 0.29) is 5.91 Å². The topological polar surface area (TPSA) is 20.3 Å². The zero-order valence-electron chi connectivity index (χ0n) is 10.7. The largest absolute Gasteiger partial charge is 0.345 e. The van der Waals surface area contributed by atoms with Gasteiger partial charge >= 0.3 is 0 Å². The van der Waals surface area contributed by atoms with Crippen LogP contribution in [0.25, 0.3) is 0 Å². The second-order valence-corrected chi connectivity index (χ2v) is 7.24. The lowest BCUT2D eigenvalue weighted by atomic mass is 9.85. The Morgan fingerprint density at radius 2 is 2.05 bits per heavy atom. The molecular weight excluding hydrogens is 349 g/mol. The van der Waals surface area contributed by atoms with Crippen molar-refractivity contribution in [3.05, 3.63) is 33.8 Å². The van der Waals surface area contributed by atoms with Gasteiger partial charge in [0.15, 0.2) is 0 Å². The number of amides is 1. The van der Waals surface area contributed by atoms with Crippen LogP contribution in [0.4, 0.5) is 0 Å². The normalized spacial score (nSPS) is 21.9. The lowest BCUT2D eigenvalue weighted by Crippen LogP contribution is -2.38. The van der Waals surface area contributed by atoms with Crippen molar-refractivity contribution in [2.75, 3.05) is 13.6 Å². The molecule has 0 heterocycles. The maximum Gasteiger partial charge on any atom is 0.226 e. The average molecular weight is 365 g/mol. The first kappa shape index (κ1) is 15.1. The summed E-state index contributed by atoms with van der Waals surface area (Å²) in [6, 6.07) is 5.33. The van der Waals surface area contributed by atoms with E-state index >= 15 is 0 Å². The van der Waals surface area contributed by atoms with Gasteiger partial charge in [0, 0.05) is 18.4 Å². The van der Waals surface area contributed by atoms with Crippen LogP contribution in [0.2, 0.25) is 10.0 Å². The van der Waals surface area contributed by atoms with E-state index in [1.807, 2.05) is 18.0 Å². The van der Waals surface area contributed by atoms with Crippen LogP contribution in [0, 0.1) is 5.92 Å². The first-order valence-electron chi connectivity index (χ1n) is 6.27. The van der Waals surface area contributed by atoms with Crippen LogP contribution in [0.15, 0.2) is 18.2 Å².